The van der Waals surface area contributed by atoms with E-state index in [1.807, 2.05) is 6.07 Å². The van der Waals surface area contributed by atoms with Gasteiger partial charge < -0.3 is 0 Å². The lowest BCUT2D eigenvalue weighted by molar-refractivity contribution is 0.601. The standard InChI is InChI=1S/C12H8ClN3O2S/c13-11-5-2-6-15-12(11)16-19(17,18)10-4-1-3-9(7-10)8-14/h1-7H,(H,15,16). The first-order valence-electron chi connectivity index (χ1n) is 5.16. The van der Waals surface area contributed by atoms with E-state index in [0.29, 0.717) is 0 Å². The number of benzene rings is 1. The maximum atomic E-state index is 12.1. The molecule has 5 nitrogen and oxygen atoms in total. The SMILES string of the molecule is N#Cc1cccc(S(=O)(=O)Nc2ncccc2Cl)c1. The van der Waals surface area contributed by atoms with Crippen LogP contribution >= 0.6 is 11.6 Å². The predicted octanol–water partition coefficient (Wildman–Crippen LogP) is 2.41. The van der Waals surface area contributed by atoms with E-state index in [9.17, 15) is 8.42 Å². The lowest BCUT2D eigenvalue weighted by Gasteiger charge is -2.08. The summed E-state index contributed by atoms with van der Waals surface area (Å²) >= 11 is 5.83. The molecule has 19 heavy (non-hydrogen) atoms. The minimum absolute atomic E-state index is 0.0201. The number of nitrogens with zero attached hydrogens (tertiary/aromatic N) is 2. The summed E-state index contributed by atoms with van der Waals surface area (Å²) in [5.41, 5.74) is 0.259. The maximum Gasteiger partial charge on any atom is 0.263 e. The van der Waals surface area contributed by atoms with Gasteiger partial charge in [0.25, 0.3) is 10.0 Å². The number of sulfonamides is 1. The van der Waals surface area contributed by atoms with Gasteiger partial charge in [0.2, 0.25) is 0 Å². The van der Waals surface area contributed by atoms with Crippen LogP contribution in [-0.4, -0.2) is 13.4 Å². The van der Waals surface area contributed by atoms with Gasteiger partial charge in [0.15, 0.2) is 5.82 Å². The van der Waals surface area contributed by atoms with Gasteiger partial charge >= 0.3 is 0 Å². The van der Waals surface area contributed by atoms with Crippen molar-refractivity contribution in [3.8, 4) is 6.07 Å². The number of nitriles is 1. The number of hydrogen-bond donors (Lipinski definition) is 1. The highest BCUT2D eigenvalue weighted by molar-refractivity contribution is 7.92. The highest BCUT2D eigenvalue weighted by Gasteiger charge is 2.16. The third-order valence-corrected chi connectivity index (χ3v) is 3.90. The normalized spacial score (nSPS) is 10.7. The van der Waals surface area contributed by atoms with Crippen LogP contribution in [0.25, 0.3) is 0 Å². The van der Waals surface area contributed by atoms with Crippen molar-refractivity contribution < 1.29 is 8.42 Å². The Balaban J connectivity index is 2.39. The molecule has 1 aromatic heterocycles. The largest absolute Gasteiger partial charge is 0.263 e. The lowest BCUT2D eigenvalue weighted by atomic mass is 10.2. The van der Waals surface area contributed by atoms with Crippen molar-refractivity contribution in [1.29, 1.82) is 5.26 Å². The minimum Gasteiger partial charge on any atom is -0.262 e. The Hall–Kier alpha value is -2.10. The first-order chi connectivity index (χ1) is 9.03. The topological polar surface area (TPSA) is 82.8 Å². The van der Waals surface area contributed by atoms with Crippen LogP contribution in [0.2, 0.25) is 5.02 Å². The van der Waals surface area contributed by atoms with Gasteiger partial charge in [-0.15, -0.1) is 0 Å². The molecule has 2 rings (SSSR count). The Kier molecular flexibility index (Phi) is 3.69. The van der Waals surface area contributed by atoms with E-state index in [1.54, 1.807) is 6.07 Å². The predicted molar refractivity (Wildman–Crippen MR) is 71.2 cm³/mol. The van der Waals surface area contributed by atoms with E-state index in [-0.39, 0.29) is 21.3 Å². The van der Waals surface area contributed by atoms with Crippen molar-refractivity contribution in [1.82, 2.24) is 4.98 Å². The number of rotatable bonds is 3. The second-order valence-electron chi connectivity index (χ2n) is 3.58. The van der Waals surface area contributed by atoms with Crippen LogP contribution in [0.1, 0.15) is 5.56 Å². The highest BCUT2D eigenvalue weighted by Crippen LogP contribution is 2.21. The summed E-state index contributed by atoms with van der Waals surface area (Å²) in [5.74, 6) is 0.0477. The number of anilines is 1. The summed E-state index contributed by atoms with van der Waals surface area (Å²) < 4.78 is 26.5. The fraction of sp³-hybridized carbons (Fsp3) is 0. The van der Waals surface area contributed by atoms with Crippen LogP contribution < -0.4 is 4.72 Å². The second kappa shape index (κ2) is 5.26. The Morgan fingerprint density at radius 3 is 2.74 bits per heavy atom. The van der Waals surface area contributed by atoms with Gasteiger partial charge in [0.1, 0.15) is 0 Å². The number of aromatic nitrogens is 1. The summed E-state index contributed by atoms with van der Waals surface area (Å²) in [5, 5.41) is 8.96. The van der Waals surface area contributed by atoms with Crippen LogP contribution in [0, 0.1) is 11.3 Å². The molecular formula is C12H8ClN3O2S. The van der Waals surface area contributed by atoms with Crippen molar-refractivity contribution in [3.63, 3.8) is 0 Å². The van der Waals surface area contributed by atoms with Crippen molar-refractivity contribution in [2.24, 2.45) is 0 Å². The molecule has 7 heteroatoms. The van der Waals surface area contributed by atoms with Gasteiger partial charge in [0.05, 0.1) is 21.6 Å². The quantitative estimate of drug-likeness (QED) is 0.942. The molecule has 1 N–H and O–H groups in total. The van der Waals surface area contributed by atoms with Crippen LogP contribution in [-0.2, 0) is 10.0 Å². The van der Waals surface area contributed by atoms with E-state index in [4.69, 9.17) is 16.9 Å². The molecule has 0 fully saturated rings. The van der Waals surface area contributed by atoms with Crippen molar-refractivity contribution in [2.75, 3.05) is 4.72 Å². The average Bonchev–Trinajstić information content (AvgIpc) is 2.41. The van der Waals surface area contributed by atoms with E-state index < -0.39 is 10.0 Å². The van der Waals surface area contributed by atoms with E-state index in [1.165, 1.54) is 36.5 Å². The van der Waals surface area contributed by atoms with Gasteiger partial charge in [-0.2, -0.15) is 5.26 Å². The Bertz CT molecular complexity index is 754. The average molecular weight is 294 g/mol. The van der Waals surface area contributed by atoms with Gasteiger partial charge in [-0.1, -0.05) is 17.7 Å². The molecule has 1 heterocycles. The highest BCUT2D eigenvalue weighted by atomic mass is 35.5. The summed E-state index contributed by atoms with van der Waals surface area (Å²) in [6.45, 7) is 0. The third-order valence-electron chi connectivity index (χ3n) is 2.26. The molecule has 0 unspecified atom stereocenters. The molecule has 0 amide bonds. The van der Waals surface area contributed by atoms with Crippen molar-refractivity contribution in [3.05, 3.63) is 53.2 Å². The van der Waals surface area contributed by atoms with Crippen LogP contribution in [0.5, 0.6) is 0 Å². The fourth-order valence-corrected chi connectivity index (χ4v) is 2.68. The van der Waals surface area contributed by atoms with Gasteiger partial charge in [-0.3, -0.25) is 4.72 Å². The Labute approximate surface area is 115 Å². The Morgan fingerprint density at radius 1 is 1.26 bits per heavy atom. The molecule has 96 valence electrons. The molecule has 0 aliphatic rings. The van der Waals surface area contributed by atoms with Gasteiger partial charge in [-0.25, -0.2) is 13.4 Å². The van der Waals surface area contributed by atoms with Crippen molar-refractivity contribution >= 4 is 27.4 Å². The minimum atomic E-state index is -3.82. The molecule has 0 spiro atoms. The van der Waals surface area contributed by atoms with E-state index >= 15 is 0 Å². The zero-order chi connectivity index (χ0) is 13.9. The zero-order valence-corrected chi connectivity index (χ0v) is 11.1. The zero-order valence-electron chi connectivity index (χ0n) is 9.54. The monoisotopic (exact) mass is 293 g/mol. The first-order valence-corrected chi connectivity index (χ1v) is 7.02. The number of hydrogen-bond acceptors (Lipinski definition) is 4. The number of halogens is 1. The van der Waals surface area contributed by atoms with Gasteiger partial charge in [0, 0.05) is 6.20 Å². The summed E-state index contributed by atoms with van der Waals surface area (Å²) in [7, 11) is -3.82. The molecule has 0 saturated heterocycles. The molecule has 2 aromatic rings. The number of pyridine rings is 1. The van der Waals surface area contributed by atoms with Crippen LogP contribution in [0.4, 0.5) is 5.82 Å². The van der Waals surface area contributed by atoms with E-state index in [0.717, 1.165) is 0 Å². The molecule has 0 aliphatic carbocycles. The molecule has 0 atom stereocenters. The second-order valence-corrected chi connectivity index (χ2v) is 5.67. The van der Waals surface area contributed by atoms with Crippen molar-refractivity contribution in [2.45, 2.75) is 4.90 Å². The summed E-state index contributed by atoms with van der Waals surface area (Å²) in [6.07, 6.45) is 1.43. The lowest BCUT2D eigenvalue weighted by Crippen LogP contribution is -2.14. The molecule has 0 aliphatic heterocycles. The fourth-order valence-electron chi connectivity index (χ4n) is 1.38. The number of nitrogens with one attached hydrogen (secondary N) is 1. The molecule has 0 bridgehead atoms. The first kappa shape index (κ1) is 13.3. The Morgan fingerprint density at radius 2 is 2.05 bits per heavy atom. The maximum absolute atomic E-state index is 12.1. The molecular weight excluding hydrogens is 286 g/mol. The van der Waals surface area contributed by atoms with Gasteiger partial charge in [-0.05, 0) is 30.3 Å². The summed E-state index contributed by atoms with van der Waals surface area (Å²) in [4.78, 5) is 3.82. The molecule has 0 saturated carbocycles. The molecule has 1 aromatic carbocycles. The smallest absolute Gasteiger partial charge is 0.262 e. The summed E-state index contributed by atoms with van der Waals surface area (Å²) in [6, 6.07) is 10.7. The third kappa shape index (κ3) is 3.02. The molecule has 0 radical (unpaired) electrons. The van der Waals surface area contributed by atoms with E-state index in [2.05, 4.69) is 9.71 Å². The van der Waals surface area contributed by atoms with Crippen LogP contribution in [0.3, 0.4) is 0 Å². The van der Waals surface area contributed by atoms with Crippen LogP contribution in [0.15, 0.2) is 47.5 Å².